The fourth-order valence-electron chi connectivity index (χ4n) is 1.13. The summed E-state index contributed by atoms with van der Waals surface area (Å²) in [6.45, 7) is 1.84. The second kappa shape index (κ2) is 3.61. The number of rotatable bonds is 1. The Balaban J connectivity index is 2.84. The van der Waals surface area contributed by atoms with Crippen molar-refractivity contribution in [1.82, 2.24) is 0 Å². The van der Waals surface area contributed by atoms with Crippen molar-refractivity contribution >= 4 is 0 Å². The predicted octanol–water partition coefficient (Wildman–Crippen LogP) is 2.47. The Bertz CT molecular complexity index is 325. The lowest BCUT2D eigenvalue weighted by molar-refractivity contribution is 0.803. The normalized spacial score (nSPS) is 21.5. The topological polar surface area (TPSA) is 72.6 Å². The molecule has 4 heteroatoms. The lowest BCUT2D eigenvalue weighted by Gasteiger charge is -2.10. The Kier molecular flexibility index (Phi) is 2.52. The van der Waals surface area contributed by atoms with E-state index in [0.29, 0.717) is 12.0 Å². The van der Waals surface area contributed by atoms with E-state index in [1.807, 2.05) is 13.0 Å². The van der Waals surface area contributed by atoms with Crippen LogP contribution in [0.2, 0.25) is 0 Å². The molecule has 0 saturated heterocycles. The first-order valence-electron chi connectivity index (χ1n) is 3.61. The van der Waals surface area contributed by atoms with E-state index in [9.17, 15) is 0 Å². The maximum Gasteiger partial charge on any atom is 0.0990 e. The highest BCUT2D eigenvalue weighted by atomic mass is 15.1. The van der Waals surface area contributed by atoms with Gasteiger partial charge >= 0.3 is 0 Å². The van der Waals surface area contributed by atoms with E-state index in [0.717, 1.165) is 5.57 Å². The van der Waals surface area contributed by atoms with Crippen LogP contribution in [0.1, 0.15) is 13.3 Å². The van der Waals surface area contributed by atoms with Gasteiger partial charge < -0.3 is 0 Å². The van der Waals surface area contributed by atoms with E-state index in [2.05, 4.69) is 16.1 Å². The van der Waals surface area contributed by atoms with Gasteiger partial charge in [0.05, 0.1) is 17.7 Å². The molecule has 0 N–H and O–H groups in total. The molecule has 0 bridgehead atoms. The number of azide groups is 1. The molecule has 0 aromatic heterocycles. The second-order valence-corrected chi connectivity index (χ2v) is 2.59. The molecule has 0 amide bonds. The van der Waals surface area contributed by atoms with Crippen LogP contribution < -0.4 is 0 Å². The molecule has 0 spiro atoms. The van der Waals surface area contributed by atoms with Gasteiger partial charge in [0.25, 0.3) is 0 Å². The van der Waals surface area contributed by atoms with Crippen molar-refractivity contribution in [1.29, 1.82) is 5.26 Å². The molecule has 0 aromatic carbocycles. The molecule has 1 aliphatic rings. The highest BCUT2D eigenvalue weighted by Crippen LogP contribution is 2.19. The Morgan fingerprint density at radius 1 is 1.83 bits per heavy atom. The fraction of sp³-hybridized carbons (Fsp3) is 0.375. The summed E-state index contributed by atoms with van der Waals surface area (Å²) in [7, 11) is 0. The SMILES string of the molecule is CC1=CC(N=[N+]=[N-])CC=C1C#N. The van der Waals surface area contributed by atoms with Gasteiger partial charge in [0.15, 0.2) is 0 Å². The quantitative estimate of drug-likeness (QED) is 0.330. The Labute approximate surface area is 70.4 Å². The zero-order chi connectivity index (χ0) is 8.97. The molecule has 0 fully saturated rings. The first-order valence-corrected chi connectivity index (χ1v) is 3.61. The molecule has 1 aliphatic carbocycles. The molecule has 1 unspecified atom stereocenters. The van der Waals surface area contributed by atoms with Crippen LogP contribution in [-0.2, 0) is 0 Å². The van der Waals surface area contributed by atoms with Gasteiger partial charge in [-0.05, 0) is 24.4 Å². The minimum Gasteiger partial charge on any atom is -0.192 e. The maximum absolute atomic E-state index is 8.62. The summed E-state index contributed by atoms with van der Waals surface area (Å²) in [5.74, 6) is 0. The zero-order valence-electron chi connectivity index (χ0n) is 6.73. The maximum atomic E-state index is 8.62. The summed E-state index contributed by atoms with van der Waals surface area (Å²) in [4.78, 5) is 2.71. The number of nitriles is 1. The number of nitrogens with zero attached hydrogens (tertiary/aromatic N) is 4. The smallest absolute Gasteiger partial charge is 0.0990 e. The third-order valence-electron chi connectivity index (χ3n) is 1.75. The van der Waals surface area contributed by atoms with Crippen LogP contribution in [0, 0.1) is 11.3 Å². The van der Waals surface area contributed by atoms with Gasteiger partial charge in [-0.3, -0.25) is 0 Å². The highest BCUT2D eigenvalue weighted by molar-refractivity contribution is 5.43. The lowest BCUT2D eigenvalue weighted by Crippen LogP contribution is -2.04. The molecular weight excluding hydrogens is 152 g/mol. The average molecular weight is 160 g/mol. The third-order valence-corrected chi connectivity index (χ3v) is 1.75. The summed E-state index contributed by atoms with van der Waals surface area (Å²) >= 11 is 0. The number of allylic oxidation sites excluding steroid dienone is 2. The van der Waals surface area contributed by atoms with Crippen LogP contribution in [0.5, 0.6) is 0 Å². The fourth-order valence-corrected chi connectivity index (χ4v) is 1.13. The molecule has 1 rings (SSSR count). The lowest BCUT2D eigenvalue weighted by atomic mass is 9.97. The van der Waals surface area contributed by atoms with E-state index in [1.165, 1.54) is 0 Å². The van der Waals surface area contributed by atoms with Crippen LogP contribution in [0.3, 0.4) is 0 Å². The van der Waals surface area contributed by atoms with Crippen LogP contribution in [0.4, 0.5) is 0 Å². The van der Waals surface area contributed by atoms with Crippen molar-refractivity contribution < 1.29 is 0 Å². The minimum absolute atomic E-state index is 0.118. The van der Waals surface area contributed by atoms with Crippen molar-refractivity contribution in [3.05, 3.63) is 33.7 Å². The van der Waals surface area contributed by atoms with Crippen LogP contribution in [-0.4, -0.2) is 6.04 Å². The zero-order valence-corrected chi connectivity index (χ0v) is 6.73. The third kappa shape index (κ3) is 1.66. The molecule has 12 heavy (non-hydrogen) atoms. The molecule has 4 nitrogen and oxygen atoms in total. The first kappa shape index (κ1) is 8.38. The molecule has 0 aliphatic heterocycles. The monoisotopic (exact) mass is 160 g/mol. The summed E-state index contributed by atoms with van der Waals surface area (Å²) in [5, 5.41) is 12.2. The van der Waals surface area contributed by atoms with Crippen molar-refractivity contribution in [3.8, 4) is 6.07 Å². The molecule has 0 saturated carbocycles. The Morgan fingerprint density at radius 3 is 3.08 bits per heavy atom. The van der Waals surface area contributed by atoms with Crippen molar-refractivity contribution in [2.45, 2.75) is 19.4 Å². The second-order valence-electron chi connectivity index (χ2n) is 2.59. The predicted molar refractivity (Wildman–Crippen MR) is 45.0 cm³/mol. The Morgan fingerprint density at radius 2 is 2.58 bits per heavy atom. The van der Waals surface area contributed by atoms with Crippen LogP contribution in [0.25, 0.3) is 10.4 Å². The molecular formula is C8H8N4. The highest BCUT2D eigenvalue weighted by Gasteiger charge is 2.10. The largest absolute Gasteiger partial charge is 0.192 e. The van der Waals surface area contributed by atoms with E-state index < -0.39 is 0 Å². The first-order chi connectivity index (χ1) is 5.77. The van der Waals surface area contributed by atoms with Crippen molar-refractivity contribution in [2.24, 2.45) is 5.11 Å². The van der Waals surface area contributed by atoms with E-state index in [-0.39, 0.29) is 6.04 Å². The van der Waals surface area contributed by atoms with Gasteiger partial charge in [0, 0.05) is 4.91 Å². The molecule has 1 atom stereocenters. The van der Waals surface area contributed by atoms with E-state index >= 15 is 0 Å². The van der Waals surface area contributed by atoms with Gasteiger partial charge in [-0.2, -0.15) is 5.26 Å². The van der Waals surface area contributed by atoms with E-state index in [4.69, 9.17) is 10.8 Å². The number of hydrogen-bond acceptors (Lipinski definition) is 2. The van der Waals surface area contributed by atoms with E-state index in [1.54, 1.807) is 6.08 Å². The van der Waals surface area contributed by atoms with Crippen molar-refractivity contribution in [2.75, 3.05) is 0 Å². The van der Waals surface area contributed by atoms with Gasteiger partial charge in [0.2, 0.25) is 0 Å². The van der Waals surface area contributed by atoms with Gasteiger partial charge in [0.1, 0.15) is 0 Å². The molecule has 0 aromatic rings. The number of hydrogen-bond donors (Lipinski definition) is 0. The molecule has 0 radical (unpaired) electrons. The molecule has 60 valence electrons. The average Bonchev–Trinajstić information content (AvgIpc) is 2.05. The van der Waals surface area contributed by atoms with Crippen LogP contribution in [0.15, 0.2) is 28.4 Å². The Hall–Kier alpha value is -1.72. The summed E-state index contributed by atoms with van der Waals surface area (Å²) in [6, 6.07) is 1.96. The van der Waals surface area contributed by atoms with Gasteiger partial charge in [-0.1, -0.05) is 17.3 Å². The standard InChI is InChI=1S/C8H8N4/c1-6-4-8(11-12-10)3-2-7(6)5-9/h2,4,8H,3H2,1H3. The van der Waals surface area contributed by atoms with Gasteiger partial charge in [-0.25, -0.2) is 0 Å². The summed E-state index contributed by atoms with van der Waals surface area (Å²) in [6.07, 6.45) is 4.25. The summed E-state index contributed by atoms with van der Waals surface area (Å²) in [5.41, 5.74) is 9.74. The van der Waals surface area contributed by atoms with Crippen molar-refractivity contribution in [3.63, 3.8) is 0 Å². The molecule has 0 heterocycles. The summed E-state index contributed by atoms with van der Waals surface area (Å²) < 4.78 is 0. The van der Waals surface area contributed by atoms with Crippen LogP contribution >= 0.6 is 0 Å². The van der Waals surface area contributed by atoms with Gasteiger partial charge in [-0.15, -0.1) is 0 Å². The minimum atomic E-state index is -0.118.